The molecule has 1 aliphatic heterocycles. The second-order valence-electron chi connectivity index (χ2n) is 7.75. The van der Waals surface area contributed by atoms with Crippen molar-refractivity contribution in [3.05, 3.63) is 65.2 Å². The Labute approximate surface area is 170 Å². The Hall–Kier alpha value is -3.15. The number of benzene rings is 2. The molecule has 1 saturated heterocycles. The molecule has 1 heterocycles. The van der Waals surface area contributed by atoms with E-state index in [4.69, 9.17) is 0 Å². The van der Waals surface area contributed by atoms with E-state index in [0.29, 0.717) is 17.2 Å². The lowest BCUT2D eigenvalue weighted by molar-refractivity contribution is -0.125. The standard InChI is InChI=1S/C23H25N3O3/c27-21-14-24-23(29)26(21)15-16-5-4-8-20(13-16)25-22(28)19-11-9-18(10-12-19)17-6-2-1-3-7-17/h4-5,8-13,17H,1-3,6-7,14-15H2,(H,24,29)(H,25,28). The zero-order chi connectivity index (χ0) is 20.2. The van der Waals surface area contributed by atoms with Crippen LogP contribution in [0.15, 0.2) is 48.5 Å². The van der Waals surface area contributed by atoms with Gasteiger partial charge in [-0.05, 0) is 54.2 Å². The Balaban J connectivity index is 1.40. The zero-order valence-electron chi connectivity index (χ0n) is 16.3. The first-order valence-electron chi connectivity index (χ1n) is 10.2. The monoisotopic (exact) mass is 391 g/mol. The predicted octanol–water partition coefficient (Wildman–Crippen LogP) is 4.04. The molecule has 0 spiro atoms. The molecule has 1 aliphatic carbocycles. The van der Waals surface area contributed by atoms with E-state index in [0.717, 1.165) is 5.56 Å². The van der Waals surface area contributed by atoms with E-state index in [9.17, 15) is 14.4 Å². The Morgan fingerprint density at radius 1 is 1.03 bits per heavy atom. The fourth-order valence-corrected chi connectivity index (χ4v) is 4.09. The summed E-state index contributed by atoms with van der Waals surface area (Å²) >= 11 is 0. The van der Waals surface area contributed by atoms with Crippen LogP contribution in [0.1, 0.15) is 59.5 Å². The first kappa shape index (κ1) is 19.2. The Bertz CT molecular complexity index is 901. The minimum Gasteiger partial charge on any atom is -0.329 e. The normalized spacial score (nSPS) is 17.3. The van der Waals surface area contributed by atoms with E-state index in [1.807, 2.05) is 18.2 Å². The molecule has 2 fully saturated rings. The van der Waals surface area contributed by atoms with Gasteiger partial charge in [0.2, 0.25) is 5.91 Å². The van der Waals surface area contributed by atoms with Gasteiger partial charge in [0.15, 0.2) is 0 Å². The van der Waals surface area contributed by atoms with Gasteiger partial charge in [0.25, 0.3) is 5.91 Å². The lowest BCUT2D eigenvalue weighted by Gasteiger charge is -2.22. The Morgan fingerprint density at radius 2 is 1.79 bits per heavy atom. The highest BCUT2D eigenvalue weighted by atomic mass is 16.2. The number of hydrogen-bond donors (Lipinski definition) is 2. The van der Waals surface area contributed by atoms with Crippen LogP contribution in [0.5, 0.6) is 0 Å². The number of nitrogens with one attached hydrogen (secondary N) is 2. The lowest BCUT2D eigenvalue weighted by Crippen LogP contribution is -2.30. The second-order valence-corrected chi connectivity index (χ2v) is 7.75. The van der Waals surface area contributed by atoms with E-state index in [-0.39, 0.29) is 30.9 Å². The van der Waals surface area contributed by atoms with Crippen LogP contribution < -0.4 is 10.6 Å². The molecule has 0 aromatic heterocycles. The fraction of sp³-hybridized carbons (Fsp3) is 0.348. The van der Waals surface area contributed by atoms with E-state index in [1.54, 1.807) is 18.2 Å². The number of urea groups is 1. The van der Waals surface area contributed by atoms with E-state index in [1.165, 1.54) is 42.6 Å². The highest BCUT2D eigenvalue weighted by Gasteiger charge is 2.28. The number of carbonyl (C=O) groups excluding carboxylic acids is 3. The average molecular weight is 391 g/mol. The van der Waals surface area contributed by atoms with E-state index in [2.05, 4.69) is 22.8 Å². The van der Waals surface area contributed by atoms with Crippen LogP contribution in [0, 0.1) is 0 Å². The predicted molar refractivity (Wildman–Crippen MR) is 111 cm³/mol. The maximum atomic E-state index is 12.6. The molecule has 4 rings (SSSR count). The third-order valence-corrected chi connectivity index (χ3v) is 5.71. The van der Waals surface area contributed by atoms with Gasteiger partial charge in [0.1, 0.15) is 0 Å². The Morgan fingerprint density at radius 3 is 2.48 bits per heavy atom. The third-order valence-electron chi connectivity index (χ3n) is 5.71. The van der Waals surface area contributed by atoms with Gasteiger partial charge in [-0.15, -0.1) is 0 Å². The smallest absolute Gasteiger partial charge is 0.324 e. The molecule has 0 radical (unpaired) electrons. The quantitative estimate of drug-likeness (QED) is 0.755. The first-order chi connectivity index (χ1) is 14.1. The van der Waals surface area contributed by atoms with Crippen LogP contribution >= 0.6 is 0 Å². The number of amides is 4. The van der Waals surface area contributed by atoms with Crippen molar-refractivity contribution in [2.24, 2.45) is 0 Å². The fourth-order valence-electron chi connectivity index (χ4n) is 4.09. The van der Waals surface area contributed by atoms with Crippen LogP contribution in [0.4, 0.5) is 10.5 Å². The summed E-state index contributed by atoms with van der Waals surface area (Å²) in [6, 6.07) is 14.7. The molecular weight excluding hydrogens is 366 g/mol. The summed E-state index contributed by atoms with van der Waals surface area (Å²) in [4.78, 5) is 37.2. The van der Waals surface area contributed by atoms with Crippen LogP contribution in [0.25, 0.3) is 0 Å². The van der Waals surface area contributed by atoms with Crippen molar-refractivity contribution in [2.45, 2.75) is 44.6 Å². The molecule has 150 valence electrons. The van der Waals surface area contributed by atoms with Gasteiger partial charge < -0.3 is 10.6 Å². The van der Waals surface area contributed by atoms with Gasteiger partial charge in [-0.25, -0.2) is 4.79 Å². The minimum atomic E-state index is -0.387. The third kappa shape index (κ3) is 4.47. The first-order valence-corrected chi connectivity index (χ1v) is 10.2. The minimum absolute atomic E-state index is 0.0338. The summed E-state index contributed by atoms with van der Waals surface area (Å²) in [6.45, 7) is 0.219. The summed E-state index contributed by atoms with van der Waals surface area (Å²) in [7, 11) is 0. The molecule has 0 atom stereocenters. The Kier molecular flexibility index (Phi) is 5.60. The molecule has 1 saturated carbocycles. The summed E-state index contributed by atoms with van der Waals surface area (Å²) in [6.07, 6.45) is 6.36. The molecule has 4 amide bonds. The highest BCUT2D eigenvalue weighted by Crippen LogP contribution is 2.32. The SMILES string of the molecule is O=C(Nc1cccc(CN2C(=O)CNC2=O)c1)c1ccc(C2CCCCC2)cc1. The second kappa shape index (κ2) is 8.47. The van der Waals surface area contributed by atoms with Gasteiger partial charge in [-0.2, -0.15) is 0 Å². The molecule has 0 bridgehead atoms. The zero-order valence-corrected chi connectivity index (χ0v) is 16.3. The topological polar surface area (TPSA) is 78.5 Å². The average Bonchev–Trinajstić information content (AvgIpc) is 3.07. The summed E-state index contributed by atoms with van der Waals surface area (Å²) in [5, 5.41) is 5.41. The highest BCUT2D eigenvalue weighted by molar-refractivity contribution is 6.04. The van der Waals surface area contributed by atoms with Crippen LogP contribution in [-0.4, -0.2) is 29.3 Å². The number of imide groups is 1. The largest absolute Gasteiger partial charge is 0.329 e. The molecular formula is C23H25N3O3. The van der Waals surface area contributed by atoms with Crippen molar-refractivity contribution in [2.75, 3.05) is 11.9 Å². The van der Waals surface area contributed by atoms with Crippen LogP contribution in [0.3, 0.4) is 0 Å². The van der Waals surface area contributed by atoms with Crippen molar-refractivity contribution >= 4 is 23.5 Å². The summed E-state index contributed by atoms with van der Waals surface area (Å²) < 4.78 is 0. The van der Waals surface area contributed by atoms with Gasteiger partial charge in [-0.3, -0.25) is 14.5 Å². The molecule has 2 aromatic rings. The van der Waals surface area contributed by atoms with Gasteiger partial charge in [-0.1, -0.05) is 43.5 Å². The van der Waals surface area contributed by atoms with Crippen molar-refractivity contribution in [3.63, 3.8) is 0 Å². The lowest BCUT2D eigenvalue weighted by atomic mass is 9.84. The van der Waals surface area contributed by atoms with Crippen molar-refractivity contribution in [3.8, 4) is 0 Å². The van der Waals surface area contributed by atoms with Crippen LogP contribution in [0.2, 0.25) is 0 Å². The van der Waals surface area contributed by atoms with Crippen molar-refractivity contribution in [1.82, 2.24) is 10.2 Å². The van der Waals surface area contributed by atoms with E-state index >= 15 is 0 Å². The number of anilines is 1. The summed E-state index contributed by atoms with van der Waals surface area (Å²) in [5.41, 5.74) is 3.35. The summed E-state index contributed by atoms with van der Waals surface area (Å²) in [5.74, 6) is 0.192. The molecule has 6 nitrogen and oxygen atoms in total. The van der Waals surface area contributed by atoms with E-state index < -0.39 is 0 Å². The van der Waals surface area contributed by atoms with Gasteiger partial charge in [0.05, 0.1) is 13.1 Å². The molecule has 2 aromatic carbocycles. The van der Waals surface area contributed by atoms with Crippen molar-refractivity contribution < 1.29 is 14.4 Å². The number of carbonyl (C=O) groups is 3. The number of hydrogen-bond acceptors (Lipinski definition) is 3. The maximum absolute atomic E-state index is 12.6. The molecule has 2 N–H and O–H groups in total. The number of rotatable bonds is 5. The molecule has 6 heteroatoms. The molecule has 0 unspecified atom stereocenters. The van der Waals surface area contributed by atoms with Crippen LogP contribution in [-0.2, 0) is 11.3 Å². The van der Waals surface area contributed by atoms with Gasteiger partial charge in [0, 0.05) is 11.3 Å². The maximum Gasteiger partial charge on any atom is 0.324 e. The van der Waals surface area contributed by atoms with Gasteiger partial charge >= 0.3 is 6.03 Å². The van der Waals surface area contributed by atoms with Crippen molar-refractivity contribution in [1.29, 1.82) is 0 Å². The molecule has 2 aliphatic rings. The number of nitrogens with zero attached hydrogens (tertiary/aromatic N) is 1. The molecule has 29 heavy (non-hydrogen) atoms.